The van der Waals surface area contributed by atoms with E-state index in [-0.39, 0.29) is 0 Å². The van der Waals surface area contributed by atoms with E-state index < -0.39 is 5.60 Å². The predicted molar refractivity (Wildman–Crippen MR) is 72.4 cm³/mol. The molecule has 0 bridgehead atoms. The van der Waals surface area contributed by atoms with Crippen molar-refractivity contribution in [3.63, 3.8) is 0 Å². The summed E-state index contributed by atoms with van der Waals surface area (Å²) < 4.78 is 1.76. The smallest absolute Gasteiger partial charge is 0.0927 e. The van der Waals surface area contributed by atoms with Crippen LogP contribution in [0.4, 0.5) is 0 Å². The summed E-state index contributed by atoms with van der Waals surface area (Å²) in [6.45, 7) is 5.92. The van der Waals surface area contributed by atoms with Crippen LogP contribution in [-0.4, -0.2) is 14.9 Å². The molecule has 0 aliphatic carbocycles. The molecule has 3 nitrogen and oxygen atoms in total. The van der Waals surface area contributed by atoms with Gasteiger partial charge in [-0.2, -0.15) is 5.10 Å². The summed E-state index contributed by atoms with van der Waals surface area (Å²) in [5.74, 6) is 0. The summed E-state index contributed by atoms with van der Waals surface area (Å²) in [7, 11) is 1.89. The van der Waals surface area contributed by atoms with E-state index >= 15 is 0 Å². The minimum absolute atomic E-state index is 0.526. The van der Waals surface area contributed by atoms with E-state index in [4.69, 9.17) is 0 Å². The molecule has 1 heterocycles. The molecular weight excluding hydrogens is 224 g/mol. The maximum absolute atomic E-state index is 10.7. The molecule has 1 aromatic heterocycles. The van der Waals surface area contributed by atoms with E-state index in [9.17, 15) is 5.11 Å². The van der Waals surface area contributed by atoms with Gasteiger partial charge in [-0.3, -0.25) is 4.68 Å². The van der Waals surface area contributed by atoms with Crippen molar-refractivity contribution in [2.45, 2.75) is 32.8 Å². The molecule has 96 valence electrons. The summed E-state index contributed by atoms with van der Waals surface area (Å²) in [6.07, 6.45) is 2.42. The molecular formula is C15H20N2O. The lowest BCUT2D eigenvalue weighted by Crippen LogP contribution is -2.26. The maximum atomic E-state index is 10.7. The standard InChI is InChI=1S/C15H20N2O/c1-11-5-6-12(2)14(9-11)15(3,18)10-13-7-8-17(4)16-13/h5-9,18H,10H2,1-4H3. The van der Waals surface area contributed by atoms with Crippen LogP contribution >= 0.6 is 0 Å². The topological polar surface area (TPSA) is 38.0 Å². The Hall–Kier alpha value is -1.61. The number of hydrogen-bond acceptors (Lipinski definition) is 2. The van der Waals surface area contributed by atoms with Crippen LogP contribution in [0.3, 0.4) is 0 Å². The Morgan fingerprint density at radius 3 is 2.61 bits per heavy atom. The zero-order chi connectivity index (χ0) is 13.3. The van der Waals surface area contributed by atoms with Crippen molar-refractivity contribution in [2.24, 2.45) is 7.05 Å². The second kappa shape index (κ2) is 4.58. The van der Waals surface area contributed by atoms with Gasteiger partial charge in [-0.15, -0.1) is 0 Å². The lowest BCUT2D eigenvalue weighted by Gasteiger charge is -2.25. The van der Waals surface area contributed by atoms with E-state index in [1.807, 2.05) is 40.1 Å². The molecule has 0 radical (unpaired) electrons. The van der Waals surface area contributed by atoms with Crippen molar-refractivity contribution < 1.29 is 5.11 Å². The number of aliphatic hydroxyl groups is 1. The van der Waals surface area contributed by atoms with Crippen molar-refractivity contribution in [2.75, 3.05) is 0 Å². The van der Waals surface area contributed by atoms with Crippen molar-refractivity contribution in [3.05, 3.63) is 52.8 Å². The van der Waals surface area contributed by atoms with Gasteiger partial charge in [-0.05, 0) is 38.0 Å². The van der Waals surface area contributed by atoms with E-state index in [0.29, 0.717) is 6.42 Å². The Balaban J connectivity index is 2.32. The molecule has 0 spiro atoms. The molecule has 1 N–H and O–H groups in total. The van der Waals surface area contributed by atoms with Crippen LogP contribution < -0.4 is 0 Å². The van der Waals surface area contributed by atoms with Gasteiger partial charge < -0.3 is 5.11 Å². The summed E-state index contributed by atoms with van der Waals surface area (Å²) in [6, 6.07) is 8.12. The van der Waals surface area contributed by atoms with Gasteiger partial charge in [0.25, 0.3) is 0 Å². The van der Waals surface area contributed by atoms with Crippen LogP contribution in [0.15, 0.2) is 30.5 Å². The fraction of sp³-hybridized carbons (Fsp3) is 0.400. The predicted octanol–water partition coefficient (Wildman–Crippen LogP) is 2.49. The number of hydrogen-bond donors (Lipinski definition) is 1. The van der Waals surface area contributed by atoms with Gasteiger partial charge in [0.1, 0.15) is 0 Å². The third-order valence-electron chi connectivity index (χ3n) is 3.27. The van der Waals surface area contributed by atoms with Crippen molar-refractivity contribution in [1.29, 1.82) is 0 Å². The van der Waals surface area contributed by atoms with Crippen LogP contribution in [0.2, 0.25) is 0 Å². The van der Waals surface area contributed by atoms with E-state index in [1.165, 1.54) is 0 Å². The number of aromatic nitrogens is 2. The fourth-order valence-corrected chi connectivity index (χ4v) is 2.32. The molecule has 0 aliphatic rings. The summed E-state index contributed by atoms with van der Waals surface area (Å²) in [4.78, 5) is 0. The highest BCUT2D eigenvalue weighted by atomic mass is 16.3. The highest BCUT2D eigenvalue weighted by Crippen LogP contribution is 2.28. The third-order valence-corrected chi connectivity index (χ3v) is 3.27. The molecule has 1 aromatic carbocycles. The van der Waals surface area contributed by atoms with E-state index in [2.05, 4.69) is 23.3 Å². The quantitative estimate of drug-likeness (QED) is 0.900. The Kier molecular flexibility index (Phi) is 3.26. The van der Waals surface area contributed by atoms with Gasteiger partial charge in [0.05, 0.1) is 11.3 Å². The first-order chi connectivity index (χ1) is 8.38. The molecule has 1 unspecified atom stereocenters. The minimum atomic E-state index is -0.884. The number of nitrogens with zero attached hydrogens (tertiary/aromatic N) is 2. The normalized spacial score (nSPS) is 14.5. The number of rotatable bonds is 3. The highest BCUT2D eigenvalue weighted by molar-refractivity contribution is 5.35. The monoisotopic (exact) mass is 244 g/mol. The Morgan fingerprint density at radius 2 is 2.00 bits per heavy atom. The first-order valence-corrected chi connectivity index (χ1v) is 6.17. The SMILES string of the molecule is Cc1ccc(C)c(C(C)(O)Cc2ccn(C)n2)c1. The average Bonchev–Trinajstić information content (AvgIpc) is 2.66. The molecule has 3 heteroatoms. The van der Waals surface area contributed by atoms with Crippen molar-refractivity contribution >= 4 is 0 Å². The molecule has 1 atom stereocenters. The molecule has 0 saturated heterocycles. The molecule has 0 fully saturated rings. The van der Waals surface area contributed by atoms with Gasteiger partial charge in [0, 0.05) is 19.7 Å². The van der Waals surface area contributed by atoms with Crippen LogP contribution in [0, 0.1) is 13.8 Å². The van der Waals surface area contributed by atoms with Crippen LogP contribution in [0.25, 0.3) is 0 Å². The molecule has 0 aliphatic heterocycles. The molecule has 18 heavy (non-hydrogen) atoms. The van der Waals surface area contributed by atoms with Gasteiger partial charge in [-0.1, -0.05) is 23.8 Å². The molecule has 0 amide bonds. The highest BCUT2D eigenvalue weighted by Gasteiger charge is 2.26. The van der Waals surface area contributed by atoms with E-state index in [0.717, 1.165) is 22.4 Å². The van der Waals surface area contributed by atoms with Gasteiger partial charge in [0.2, 0.25) is 0 Å². The summed E-state index contributed by atoms with van der Waals surface area (Å²) in [5.41, 5.74) is 3.28. The van der Waals surface area contributed by atoms with Gasteiger partial charge >= 0.3 is 0 Å². The zero-order valence-corrected chi connectivity index (χ0v) is 11.4. The third kappa shape index (κ3) is 2.62. The minimum Gasteiger partial charge on any atom is -0.385 e. The maximum Gasteiger partial charge on any atom is 0.0927 e. The lowest BCUT2D eigenvalue weighted by molar-refractivity contribution is 0.0557. The second-order valence-electron chi connectivity index (χ2n) is 5.25. The first-order valence-electron chi connectivity index (χ1n) is 6.17. The van der Waals surface area contributed by atoms with Crippen molar-refractivity contribution in [3.8, 4) is 0 Å². The Bertz CT molecular complexity index is 555. The number of aryl methyl sites for hydroxylation is 3. The second-order valence-corrected chi connectivity index (χ2v) is 5.25. The Labute approximate surface area is 108 Å². The lowest BCUT2D eigenvalue weighted by atomic mass is 9.87. The van der Waals surface area contributed by atoms with Crippen LogP contribution in [-0.2, 0) is 19.1 Å². The molecule has 2 rings (SSSR count). The molecule has 0 saturated carbocycles. The average molecular weight is 244 g/mol. The van der Waals surface area contributed by atoms with Crippen molar-refractivity contribution in [1.82, 2.24) is 9.78 Å². The van der Waals surface area contributed by atoms with Crippen LogP contribution in [0.1, 0.15) is 29.3 Å². The zero-order valence-electron chi connectivity index (χ0n) is 11.4. The number of benzene rings is 1. The largest absolute Gasteiger partial charge is 0.385 e. The fourth-order valence-electron chi connectivity index (χ4n) is 2.32. The van der Waals surface area contributed by atoms with Crippen LogP contribution in [0.5, 0.6) is 0 Å². The molecule has 2 aromatic rings. The summed E-state index contributed by atoms with van der Waals surface area (Å²) in [5, 5.41) is 15.0. The van der Waals surface area contributed by atoms with Gasteiger partial charge in [-0.25, -0.2) is 0 Å². The van der Waals surface area contributed by atoms with Gasteiger partial charge in [0.15, 0.2) is 0 Å². The first kappa shape index (κ1) is 12.8. The Morgan fingerprint density at radius 1 is 1.28 bits per heavy atom. The summed E-state index contributed by atoms with van der Waals surface area (Å²) >= 11 is 0. The van der Waals surface area contributed by atoms with E-state index in [1.54, 1.807) is 4.68 Å².